The third-order valence-electron chi connectivity index (χ3n) is 4.21. The number of methoxy groups -OCH3 is 3. The van der Waals surface area contributed by atoms with E-state index >= 15 is 0 Å². The van der Waals surface area contributed by atoms with Crippen LogP contribution in [-0.2, 0) is 9.59 Å². The van der Waals surface area contributed by atoms with Crippen molar-refractivity contribution in [1.82, 2.24) is 10.2 Å². The number of anilines is 2. The molecule has 34 heavy (non-hydrogen) atoms. The molecule has 3 rings (SSSR count). The van der Waals surface area contributed by atoms with Crippen molar-refractivity contribution in [2.75, 3.05) is 37.7 Å². The molecule has 3 aromatic rings. The Bertz CT molecular complexity index is 1160. The molecule has 0 saturated carbocycles. The highest BCUT2D eigenvalue weighted by atomic mass is 79.9. The average molecular weight is 565 g/mol. The molecule has 1 heterocycles. The number of rotatable bonds is 10. The zero-order valence-corrected chi connectivity index (χ0v) is 21.7. The van der Waals surface area contributed by atoms with Crippen LogP contribution < -0.4 is 24.8 Å². The molecule has 0 bridgehead atoms. The van der Waals surface area contributed by atoms with E-state index < -0.39 is 0 Å². The molecule has 0 unspecified atom stereocenters. The lowest BCUT2D eigenvalue weighted by molar-refractivity contribution is -0.114. The Labute approximate surface area is 213 Å². The minimum atomic E-state index is -0.380. The van der Waals surface area contributed by atoms with Crippen LogP contribution in [0.5, 0.6) is 17.2 Å². The summed E-state index contributed by atoms with van der Waals surface area (Å²) in [6.45, 7) is 0. The first-order valence-electron chi connectivity index (χ1n) is 9.72. The predicted molar refractivity (Wildman–Crippen MR) is 137 cm³/mol. The van der Waals surface area contributed by atoms with Gasteiger partial charge < -0.3 is 19.5 Å². The fourth-order valence-corrected chi connectivity index (χ4v) is 4.51. The Balaban J connectivity index is 1.53. The molecule has 2 N–H and O–H groups in total. The minimum Gasteiger partial charge on any atom is -0.493 e. The van der Waals surface area contributed by atoms with Crippen molar-refractivity contribution in [2.45, 2.75) is 4.34 Å². The second kappa shape index (κ2) is 12.4. The highest BCUT2D eigenvalue weighted by Gasteiger charge is 2.13. The Morgan fingerprint density at radius 2 is 1.71 bits per heavy atom. The van der Waals surface area contributed by atoms with Gasteiger partial charge in [0.05, 0.1) is 27.1 Å². The van der Waals surface area contributed by atoms with E-state index in [1.807, 2.05) is 12.1 Å². The van der Waals surface area contributed by atoms with Gasteiger partial charge in [-0.25, -0.2) is 0 Å². The summed E-state index contributed by atoms with van der Waals surface area (Å²) in [5.74, 6) is 1.06. The number of hydrogen-bond donors (Lipinski definition) is 2. The standard InChI is InChI=1S/C22H21BrN4O5S2/c1-30-16-10-13(11-17(31-2)20(16)32-3)4-9-18(28)25-21-26-27-22(34-21)33-12-19(29)24-15-7-5-14(23)6-8-15/h4-11H,12H2,1-3H3,(H,24,29)(H,25,26,28)/b9-4+. The summed E-state index contributed by atoms with van der Waals surface area (Å²) in [6.07, 6.45) is 2.98. The molecule has 0 aliphatic rings. The number of halogens is 1. The predicted octanol–water partition coefficient (Wildman–Crippen LogP) is 4.71. The maximum Gasteiger partial charge on any atom is 0.250 e. The summed E-state index contributed by atoms with van der Waals surface area (Å²) < 4.78 is 17.4. The number of amides is 2. The lowest BCUT2D eigenvalue weighted by Crippen LogP contribution is -2.13. The summed E-state index contributed by atoms with van der Waals surface area (Å²) in [5.41, 5.74) is 1.40. The molecule has 9 nitrogen and oxygen atoms in total. The van der Waals surface area contributed by atoms with Crippen LogP contribution in [-0.4, -0.2) is 49.1 Å². The van der Waals surface area contributed by atoms with Crippen molar-refractivity contribution in [3.8, 4) is 17.2 Å². The number of ether oxygens (including phenoxy) is 3. The van der Waals surface area contributed by atoms with Crippen LogP contribution in [0, 0.1) is 0 Å². The third kappa shape index (κ3) is 7.20. The number of aromatic nitrogens is 2. The maximum atomic E-state index is 12.3. The largest absolute Gasteiger partial charge is 0.493 e. The van der Waals surface area contributed by atoms with Gasteiger partial charge in [-0.2, -0.15) is 0 Å². The first-order chi connectivity index (χ1) is 16.4. The number of nitrogens with one attached hydrogen (secondary N) is 2. The van der Waals surface area contributed by atoms with Gasteiger partial charge in [0, 0.05) is 16.2 Å². The quantitative estimate of drug-likeness (QED) is 0.207. The molecule has 0 aliphatic carbocycles. The van der Waals surface area contributed by atoms with E-state index in [1.165, 1.54) is 50.5 Å². The van der Waals surface area contributed by atoms with Crippen molar-refractivity contribution in [3.63, 3.8) is 0 Å². The molecule has 178 valence electrons. The fourth-order valence-electron chi connectivity index (χ4n) is 2.69. The third-order valence-corrected chi connectivity index (χ3v) is 6.71. The van der Waals surface area contributed by atoms with Gasteiger partial charge in [-0.1, -0.05) is 39.0 Å². The number of carbonyl (C=O) groups excluding carboxylic acids is 2. The van der Waals surface area contributed by atoms with Gasteiger partial charge in [0.2, 0.25) is 22.7 Å². The van der Waals surface area contributed by atoms with Gasteiger partial charge in [0.25, 0.3) is 0 Å². The SMILES string of the molecule is COc1cc(/C=C/C(=O)Nc2nnc(SCC(=O)Nc3ccc(Br)cc3)s2)cc(OC)c1OC. The molecule has 2 aromatic carbocycles. The van der Waals surface area contributed by atoms with Crippen LogP contribution in [0.25, 0.3) is 6.08 Å². The lowest BCUT2D eigenvalue weighted by Gasteiger charge is -2.12. The molecule has 0 radical (unpaired) electrons. The number of hydrogen-bond acceptors (Lipinski definition) is 9. The van der Waals surface area contributed by atoms with Gasteiger partial charge in [0.1, 0.15) is 0 Å². The Morgan fingerprint density at radius 3 is 2.32 bits per heavy atom. The smallest absolute Gasteiger partial charge is 0.250 e. The molecule has 0 atom stereocenters. The average Bonchev–Trinajstić information content (AvgIpc) is 3.29. The summed E-state index contributed by atoms with van der Waals surface area (Å²) in [7, 11) is 4.56. The van der Waals surface area contributed by atoms with Crippen LogP contribution in [0.3, 0.4) is 0 Å². The number of carbonyl (C=O) groups is 2. The molecule has 1 aromatic heterocycles. The van der Waals surface area contributed by atoms with Crippen molar-refractivity contribution in [1.29, 1.82) is 0 Å². The minimum absolute atomic E-state index is 0.165. The summed E-state index contributed by atoms with van der Waals surface area (Å²) in [5, 5.41) is 13.7. The first-order valence-corrected chi connectivity index (χ1v) is 12.3. The number of nitrogens with zero attached hydrogens (tertiary/aromatic N) is 2. The molecular formula is C22H21BrN4O5S2. The molecule has 0 fully saturated rings. The van der Waals surface area contributed by atoms with Crippen molar-refractivity contribution in [3.05, 3.63) is 52.5 Å². The molecule has 0 saturated heterocycles. The van der Waals surface area contributed by atoms with E-state index in [1.54, 1.807) is 30.3 Å². The number of benzene rings is 2. The van der Waals surface area contributed by atoms with Crippen LogP contribution >= 0.6 is 39.0 Å². The second-order valence-electron chi connectivity index (χ2n) is 6.50. The van der Waals surface area contributed by atoms with Crippen LogP contribution in [0.1, 0.15) is 5.56 Å². The van der Waals surface area contributed by atoms with E-state index in [4.69, 9.17) is 14.2 Å². The Morgan fingerprint density at radius 1 is 1.03 bits per heavy atom. The maximum absolute atomic E-state index is 12.3. The molecule has 0 aliphatic heterocycles. The van der Waals surface area contributed by atoms with Gasteiger partial charge in [0.15, 0.2) is 15.8 Å². The second-order valence-corrected chi connectivity index (χ2v) is 9.61. The van der Waals surface area contributed by atoms with Gasteiger partial charge in [-0.15, -0.1) is 10.2 Å². The highest BCUT2D eigenvalue weighted by Crippen LogP contribution is 2.38. The fraction of sp³-hybridized carbons (Fsp3) is 0.182. The normalized spacial score (nSPS) is 10.7. The Kier molecular flexibility index (Phi) is 9.31. The monoisotopic (exact) mass is 564 g/mol. The lowest BCUT2D eigenvalue weighted by atomic mass is 10.1. The molecule has 0 spiro atoms. The number of thioether (sulfide) groups is 1. The van der Waals surface area contributed by atoms with Crippen molar-refractivity contribution in [2.24, 2.45) is 0 Å². The van der Waals surface area contributed by atoms with Gasteiger partial charge in [-0.3, -0.25) is 14.9 Å². The topological polar surface area (TPSA) is 112 Å². The molecular weight excluding hydrogens is 544 g/mol. The van der Waals surface area contributed by atoms with Crippen molar-refractivity contribution < 1.29 is 23.8 Å². The van der Waals surface area contributed by atoms with Crippen LogP contribution in [0.4, 0.5) is 10.8 Å². The first kappa shape index (κ1) is 25.5. The van der Waals surface area contributed by atoms with Crippen LogP contribution in [0.2, 0.25) is 0 Å². The zero-order valence-electron chi connectivity index (χ0n) is 18.5. The summed E-state index contributed by atoms with van der Waals surface area (Å²) >= 11 is 5.77. The van der Waals surface area contributed by atoms with Crippen LogP contribution in [0.15, 0.2) is 51.3 Å². The van der Waals surface area contributed by atoms with E-state index in [2.05, 4.69) is 36.8 Å². The van der Waals surface area contributed by atoms with E-state index in [9.17, 15) is 9.59 Å². The van der Waals surface area contributed by atoms with Gasteiger partial charge >= 0.3 is 0 Å². The van der Waals surface area contributed by atoms with Gasteiger partial charge in [-0.05, 0) is 48.0 Å². The Hall–Kier alpha value is -3.09. The van der Waals surface area contributed by atoms with Crippen molar-refractivity contribution >= 4 is 67.7 Å². The van der Waals surface area contributed by atoms with E-state index in [-0.39, 0.29) is 17.6 Å². The van der Waals surface area contributed by atoms with E-state index in [0.29, 0.717) is 38.0 Å². The summed E-state index contributed by atoms with van der Waals surface area (Å²) in [4.78, 5) is 24.4. The molecule has 12 heteroatoms. The highest BCUT2D eigenvalue weighted by molar-refractivity contribution is 9.10. The molecule has 2 amide bonds. The zero-order chi connectivity index (χ0) is 24.5. The van der Waals surface area contributed by atoms with E-state index in [0.717, 1.165) is 4.47 Å². The summed E-state index contributed by atoms with van der Waals surface area (Å²) in [6, 6.07) is 10.7.